The maximum absolute atomic E-state index is 13.0. The van der Waals surface area contributed by atoms with E-state index in [9.17, 15) is 14.4 Å². The van der Waals surface area contributed by atoms with E-state index in [-0.39, 0.29) is 18.0 Å². The number of nitrogens with zero attached hydrogens (tertiary/aromatic N) is 2. The standard InChI is InChI=1S/C18H23N3O4/c1-11(2)12-4-5-13-15(10-12)20(8-9-25-3)18(24)21(13)14-6-7-16(22)19-17(14)23/h4-5,10-11,14H,6-9H2,1-3H3,(H,19,22,23). The number of piperidine rings is 1. The van der Waals surface area contributed by atoms with E-state index >= 15 is 0 Å². The average Bonchev–Trinajstić information content (AvgIpc) is 2.84. The van der Waals surface area contributed by atoms with Crippen LogP contribution in [-0.4, -0.2) is 34.7 Å². The van der Waals surface area contributed by atoms with Gasteiger partial charge in [0, 0.05) is 13.5 Å². The highest BCUT2D eigenvalue weighted by atomic mass is 16.5. The van der Waals surface area contributed by atoms with Crippen molar-refractivity contribution in [2.45, 2.75) is 45.2 Å². The number of carbonyl (C=O) groups is 2. The van der Waals surface area contributed by atoms with E-state index in [1.165, 1.54) is 4.57 Å². The van der Waals surface area contributed by atoms with Gasteiger partial charge in [-0.2, -0.15) is 0 Å². The van der Waals surface area contributed by atoms with Crippen molar-refractivity contribution in [2.24, 2.45) is 0 Å². The lowest BCUT2D eigenvalue weighted by molar-refractivity contribution is -0.135. The molecule has 2 heterocycles. The molecule has 1 aliphatic heterocycles. The number of amides is 2. The van der Waals surface area contributed by atoms with Gasteiger partial charge in [-0.05, 0) is 30.0 Å². The van der Waals surface area contributed by atoms with Gasteiger partial charge in [0.05, 0.1) is 24.2 Å². The second kappa shape index (κ2) is 6.84. The summed E-state index contributed by atoms with van der Waals surface area (Å²) >= 11 is 0. The zero-order valence-corrected chi connectivity index (χ0v) is 14.7. The summed E-state index contributed by atoms with van der Waals surface area (Å²) in [4.78, 5) is 36.7. The van der Waals surface area contributed by atoms with E-state index < -0.39 is 11.9 Å². The Morgan fingerprint density at radius 3 is 2.64 bits per heavy atom. The van der Waals surface area contributed by atoms with E-state index in [1.54, 1.807) is 11.7 Å². The summed E-state index contributed by atoms with van der Waals surface area (Å²) in [6.45, 7) is 5.00. The summed E-state index contributed by atoms with van der Waals surface area (Å²) in [5.74, 6) is -0.383. The first kappa shape index (κ1) is 17.4. The van der Waals surface area contributed by atoms with Crippen LogP contribution < -0.4 is 11.0 Å². The van der Waals surface area contributed by atoms with Crippen LogP contribution in [0.1, 0.15) is 44.2 Å². The van der Waals surface area contributed by atoms with Crippen molar-refractivity contribution in [3.63, 3.8) is 0 Å². The molecule has 2 aromatic rings. The van der Waals surface area contributed by atoms with Crippen LogP contribution in [0.15, 0.2) is 23.0 Å². The normalized spacial score (nSPS) is 18.2. The maximum Gasteiger partial charge on any atom is 0.329 e. The SMILES string of the molecule is COCCn1c(=O)n(C2CCC(=O)NC2=O)c2ccc(C(C)C)cc21. The van der Waals surface area contributed by atoms with Crippen molar-refractivity contribution < 1.29 is 14.3 Å². The second-order valence-electron chi connectivity index (χ2n) is 6.67. The first-order chi connectivity index (χ1) is 11.9. The Balaban J connectivity index is 2.18. The van der Waals surface area contributed by atoms with Crippen LogP contribution in [0.3, 0.4) is 0 Å². The van der Waals surface area contributed by atoms with Gasteiger partial charge < -0.3 is 4.74 Å². The Morgan fingerprint density at radius 1 is 1.24 bits per heavy atom. The molecule has 7 nitrogen and oxygen atoms in total. The lowest BCUT2D eigenvalue weighted by Gasteiger charge is -2.22. The van der Waals surface area contributed by atoms with Gasteiger partial charge >= 0.3 is 5.69 Å². The molecule has 1 saturated heterocycles. The van der Waals surface area contributed by atoms with Crippen molar-refractivity contribution in [2.75, 3.05) is 13.7 Å². The van der Waals surface area contributed by atoms with Gasteiger partial charge in [-0.3, -0.25) is 24.0 Å². The van der Waals surface area contributed by atoms with Crippen LogP contribution in [-0.2, 0) is 20.9 Å². The van der Waals surface area contributed by atoms with Crippen LogP contribution in [0.4, 0.5) is 0 Å². The summed E-state index contributed by atoms with van der Waals surface area (Å²) in [5.41, 5.74) is 2.37. The predicted molar refractivity (Wildman–Crippen MR) is 93.6 cm³/mol. The monoisotopic (exact) mass is 345 g/mol. The summed E-state index contributed by atoms with van der Waals surface area (Å²) in [7, 11) is 1.59. The van der Waals surface area contributed by atoms with Gasteiger partial charge in [0.25, 0.3) is 0 Å². The van der Waals surface area contributed by atoms with Crippen molar-refractivity contribution in [3.05, 3.63) is 34.2 Å². The number of fused-ring (bicyclic) bond motifs is 1. The van der Waals surface area contributed by atoms with Gasteiger partial charge in [0.15, 0.2) is 0 Å². The van der Waals surface area contributed by atoms with Crippen molar-refractivity contribution in [3.8, 4) is 0 Å². The number of benzene rings is 1. The number of hydrogen-bond acceptors (Lipinski definition) is 4. The zero-order valence-electron chi connectivity index (χ0n) is 14.7. The van der Waals surface area contributed by atoms with Gasteiger partial charge in [-0.25, -0.2) is 4.79 Å². The van der Waals surface area contributed by atoms with E-state index in [2.05, 4.69) is 19.2 Å². The van der Waals surface area contributed by atoms with Crippen LogP contribution in [0.5, 0.6) is 0 Å². The molecule has 0 bridgehead atoms. The average molecular weight is 345 g/mol. The number of hydrogen-bond donors (Lipinski definition) is 1. The van der Waals surface area contributed by atoms with Gasteiger partial charge in [-0.15, -0.1) is 0 Å². The van der Waals surface area contributed by atoms with Gasteiger partial charge in [0.1, 0.15) is 6.04 Å². The van der Waals surface area contributed by atoms with E-state index in [0.717, 1.165) is 11.1 Å². The first-order valence-electron chi connectivity index (χ1n) is 8.51. The number of methoxy groups -OCH3 is 1. The quantitative estimate of drug-likeness (QED) is 0.834. The highest BCUT2D eigenvalue weighted by Crippen LogP contribution is 2.26. The minimum absolute atomic E-state index is 0.234. The van der Waals surface area contributed by atoms with Crippen molar-refractivity contribution in [1.82, 2.24) is 14.5 Å². The van der Waals surface area contributed by atoms with Crippen LogP contribution in [0.2, 0.25) is 0 Å². The molecule has 1 N–H and O–H groups in total. The molecule has 1 atom stereocenters. The third-order valence-corrected chi connectivity index (χ3v) is 4.69. The molecule has 134 valence electrons. The van der Waals surface area contributed by atoms with Crippen LogP contribution >= 0.6 is 0 Å². The Morgan fingerprint density at radius 2 is 2.00 bits per heavy atom. The van der Waals surface area contributed by atoms with E-state index in [4.69, 9.17) is 4.74 Å². The number of nitrogens with one attached hydrogen (secondary N) is 1. The summed E-state index contributed by atoms with van der Waals surface area (Å²) < 4.78 is 8.28. The maximum atomic E-state index is 13.0. The molecule has 0 radical (unpaired) electrons. The molecule has 1 aliphatic rings. The molecule has 0 aliphatic carbocycles. The van der Waals surface area contributed by atoms with Crippen LogP contribution in [0.25, 0.3) is 11.0 Å². The molecule has 1 unspecified atom stereocenters. The molecule has 7 heteroatoms. The fourth-order valence-corrected chi connectivity index (χ4v) is 3.28. The summed E-state index contributed by atoms with van der Waals surface area (Å²) in [5, 5.41) is 2.33. The van der Waals surface area contributed by atoms with Crippen LogP contribution in [0, 0.1) is 0 Å². The number of imidazole rings is 1. The molecule has 3 rings (SSSR count). The number of rotatable bonds is 5. The molecule has 1 aromatic carbocycles. The Kier molecular flexibility index (Phi) is 4.76. The van der Waals surface area contributed by atoms with E-state index in [1.807, 2.05) is 18.2 Å². The number of aromatic nitrogens is 2. The number of imide groups is 1. The number of carbonyl (C=O) groups excluding carboxylic acids is 2. The zero-order chi connectivity index (χ0) is 18.1. The molecule has 25 heavy (non-hydrogen) atoms. The Labute approximate surface area is 145 Å². The fourth-order valence-electron chi connectivity index (χ4n) is 3.28. The number of ether oxygens (including phenoxy) is 1. The Bertz CT molecular complexity index is 878. The van der Waals surface area contributed by atoms with Gasteiger partial charge in [0.2, 0.25) is 11.8 Å². The summed E-state index contributed by atoms with van der Waals surface area (Å²) in [6, 6.07) is 5.20. The lowest BCUT2D eigenvalue weighted by atomic mass is 10.0. The third-order valence-electron chi connectivity index (χ3n) is 4.69. The Hall–Kier alpha value is -2.41. The van der Waals surface area contributed by atoms with Crippen molar-refractivity contribution in [1.29, 1.82) is 0 Å². The minimum atomic E-state index is -0.665. The largest absolute Gasteiger partial charge is 0.383 e. The molecule has 0 spiro atoms. The van der Waals surface area contributed by atoms with Crippen molar-refractivity contribution >= 4 is 22.8 Å². The molecule has 1 aromatic heterocycles. The minimum Gasteiger partial charge on any atom is -0.383 e. The molecule has 1 fully saturated rings. The fraction of sp³-hybridized carbons (Fsp3) is 0.500. The topological polar surface area (TPSA) is 82.3 Å². The lowest BCUT2D eigenvalue weighted by Crippen LogP contribution is -2.44. The highest BCUT2D eigenvalue weighted by molar-refractivity contribution is 6.00. The third kappa shape index (κ3) is 3.11. The molecular weight excluding hydrogens is 322 g/mol. The first-order valence-corrected chi connectivity index (χ1v) is 8.51. The molecular formula is C18H23N3O4. The molecule has 0 saturated carbocycles. The van der Waals surface area contributed by atoms with Gasteiger partial charge in [-0.1, -0.05) is 19.9 Å². The van der Waals surface area contributed by atoms with E-state index in [0.29, 0.717) is 31.0 Å². The highest BCUT2D eigenvalue weighted by Gasteiger charge is 2.31. The summed E-state index contributed by atoms with van der Waals surface area (Å²) in [6.07, 6.45) is 0.567. The smallest absolute Gasteiger partial charge is 0.329 e. The second-order valence-corrected chi connectivity index (χ2v) is 6.67. The molecule has 2 amide bonds. The predicted octanol–water partition coefficient (Wildman–Crippen LogP) is 1.55.